The molecule has 0 spiro atoms. The van der Waals surface area contributed by atoms with Gasteiger partial charge in [0.25, 0.3) is 0 Å². The van der Waals surface area contributed by atoms with E-state index in [1.54, 1.807) is 0 Å². The molecule has 0 aliphatic heterocycles. The molecule has 2 nitrogen and oxygen atoms in total. The molecule has 0 rings (SSSR count). The highest BCUT2D eigenvalue weighted by molar-refractivity contribution is 7.17. The highest BCUT2D eigenvalue weighted by Gasteiger charge is 1.88. The molecule has 1 unspecified atom stereocenters. The fourth-order valence-electron chi connectivity index (χ4n) is 0.201. The van der Waals surface area contributed by atoms with Crippen LogP contribution in [-0.2, 0) is 9.09 Å². The molecule has 1 radical (unpaired) electrons. The lowest BCUT2D eigenvalue weighted by molar-refractivity contribution is 0.293. The Morgan fingerprint density at radius 3 is 2.43 bits per heavy atom. The van der Waals surface area contributed by atoms with Crippen LogP contribution in [0.2, 0.25) is 0 Å². The summed E-state index contributed by atoms with van der Waals surface area (Å²) in [7, 11) is -0.599. The summed E-state index contributed by atoms with van der Waals surface area (Å²) in [6.07, 6.45) is 0. The molecule has 0 saturated heterocycles. The largest absolute Gasteiger partial charge is 0.306 e. The van der Waals surface area contributed by atoms with Crippen LogP contribution in [0.3, 0.4) is 0 Å². The lowest BCUT2D eigenvalue weighted by Gasteiger charge is -1.96. The predicted octanol–water partition coefficient (Wildman–Crippen LogP) is 1.60. The molecule has 0 heterocycles. The minimum absolute atomic E-state index is 0.487. The third-order valence-corrected chi connectivity index (χ3v) is 0.760. The van der Waals surface area contributed by atoms with Crippen LogP contribution < -0.4 is 0 Å². The topological polar surface area (TPSA) is 26.3 Å². The van der Waals surface area contributed by atoms with Gasteiger partial charge in [0.15, 0.2) is 8.69 Å². The Kier molecular flexibility index (Phi) is 4.26. The van der Waals surface area contributed by atoms with Crippen molar-refractivity contribution in [3.05, 3.63) is 0 Å². The SMILES string of the molecule is CC(C)CO[PH]=O. The molecular weight excluding hydrogens is 111 g/mol. The summed E-state index contributed by atoms with van der Waals surface area (Å²) < 4.78 is 14.2. The van der Waals surface area contributed by atoms with Gasteiger partial charge in [-0.05, 0) is 5.92 Å². The van der Waals surface area contributed by atoms with Crippen molar-refractivity contribution in [2.45, 2.75) is 13.8 Å². The average molecular weight is 121 g/mol. The molecule has 0 amide bonds. The molecule has 0 bridgehead atoms. The van der Waals surface area contributed by atoms with Crippen molar-refractivity contribution >= 4 is 8.69 Å². The highest BCUT2D eigenvalue weighted by atomic mass is 31.1. The second-order valence-electron chi connectivity index (χ2n) is 1.79. The highest BCUT2D eigenvalue weighted by Crippen LogP contribution is 1.99. The lowest BCUT2D eigenvalue weighted by Crippen LogP contribution is -1.93. The van der Waals surface area contributed by atoms with Crippen LogP contribution in [-0.4, -0.2) is 6.61 Å². The zero-order valence-corrected chi connectivity index (χ0v) is 5.60. The summed E-state index contributed by atoms with van der Waals surface area (Å²) in [5.74, 6) is 0.487. The van der Waals surface area contributed by atoms with Gasteiger partial charge in [-0.25, -0.2) is 0 Å². The Balaban J connectivity index is 2.81. The van der Waals surface area contributed by atoms with Gasteiger partial charge < -0.3 is 4.52 Å². The molecule has 7 heavy (non-hydrogen) atoms. The van der Waals surface area contributed by atoms with Gasteiger partial charge in [0.1, 0.15) is 0 Å². The molecule has 0 aromatic heterocycles. The third kappa shape index (κ3) is 6.06. The van der Waals surface area contributed by atoms with Crippen LogP contribution in [0.15, 0.2) is 0 Å². The summed E-state index contributed by atoms with van der Waals surface area (Å²) in [6.45, 7) is 4.63. The van der Waals surface area contributed by atoms with Crippen LogP contribution in [0.1, 0.15) is 13.8 Å². The van der Waals surface area contributed by atoms with E-state index in [0.717, 1.165) is 0 Å². The van der Waals surface area contributed by atoms with Gasteiger partial charge in [0.05, 0.1) is 6.61 Å². The molecule has 1 atom stereocenters. The Morgan fingerprint density at radius 1 is 1.71 bits per heavy atom. The van der Waals surface area contributed by atoms with Crippen molar-refractivity contribution in [1.29, 1.82) is 0 Å². The summed E-state index contributed by atoms with van der Waals surface area (Å²) >= 11 is 0. The first-order valence-electron chi connectivity index (χ1n) is 2.26. The van der Waals surface area contributed by atoms with Gasteiger partial charge in [-0.3, -0.25) is 4.57 Å². The zero-order valence-electron chi connectivity index (χ0n) is 4.60. The molecule has 0 aliphatic carbocycles. The van der Waals surface area contributed by atoms with Gasteiger partial charge in [0.2, 0.25) is 0 Å². The molecule has 3 heteroatoms. The first-order valence-corrected chi connectivity index (χ1v) is 3.08. The number of hydrogen-bond donors (Lipinski definition) is 0. The maximum atomic E-state index is 9.64. The predicted molar refractivity (Wildman–Crippen MR) is 29.8 cm³/mol. The molecule has 0 N–H and O–H groups in total. The second-order valence-corrected chi connectivity index (χ2v) is 2.24. The molecule has 0 aliphatic rings. The third-order valence-electron chi connectivity index (χ3n) is 0.476. The molecular formula is C4H10O2P. The second kappa shape index (κ2) is 4.23. The van der Waals surface area contributed by atoms with Crippen molar-refractivity contribution in [3.63, 3.8) is 0 Å². The van der Waals surface area contributed by atoms with Crippen LogP contribution >= 0.6 is 8.69 Å². The van der Waals surface area contributed by atoms with E-state index in [0.29, 0.717) is 12.5 Å². The van der Waals surface area contributed by atoms with Crippen LogP contribution in [0, 0.1) is 5.92 Å². The van der Waals surface area contributed by atoms with Gasteiger partial charge in [0, 0.05) is 0 Å². The van der Waals surface area contributed by atoms with E-state index in [1.807, 2.05) is 13.8 Å². The van der Waals surface area contributed by atoms with Gasteiger partial charge >= 0.3 is 0 Å². The van der Waals surface area contributed by atoms with E-state index in [4.69, 9.17) is 0 Å². The quantitative estimate of drug-likeness (QED) is 0.530. The Hall–Kier alpha value is 0.0600. The fraction of sp³-hybridized carbons (Fsp3) is 1.00. The van der Waals surface area contributed by atoms with Crippen LogP contribution in [0.5, 0.6) is 0 Å². The van der Waals surface area contributed by atoms with Crippen LogP contribution in [0.25, 0.3) is 0 Å². The molecule has 0 saturated carbocycles. The standard InChI is InChI=1S/C4H10O2P/c1-4(2)3-6-7-5/h4,7H,3H2,1-2H3. The molecule has 0 fully saturated rings. The normalized spacial score (nSPS) is 10.7. The first-order chi connectivity index (χ1) is 3.27. The smallest absolute Gasteiger partial charge is 0.198 e. The number of hydrogen-bond acceptors (Lipinski definition) is 2. The van der Waals surface area contributed by atoms with Crippen molar-refractivity contribution in [3.8, 4) is 0 Å². The van der Waals surface area contributed by atoms with Gasteiger partial charge in [-0.2, -0.15) is 0 Å². The summed E-state index contributed by atoms with van der Waals surface area (Å²) in [6, 6.07) is 0. The Bertz CT molecular complexity index is 53.7. The fourth-order valence-corrected chi connectivity index (χ4v) is 0.602. The molecule has 43 valence electrons. The summed E-state index contributed by atoms with van der Waals surface area (Å²) in [5, 5.41) is 0. The lowest BCUT2D eigenvalue weighted by atomic mass is 10.2. The molecule has 0 aromatic rings. The number of rotatable bonds is 3. The van der Waals surface area contributed by atoms with Crippen molar-refractivity contribution < 1.29 is 9.09 Å². The van der Waals surface area contributed by atoms with Gasteiger partial charge in [-0.1, -0.05) is 13.8 Å². The van der Waals surface area contributed by atoms with Crippen LogP contribution in [0.4, 0.5) is 0 Å². The Labute approximate surface area is 45.2 Å². The van der Waals surface area contributed by atoms with E-state index in [1.165, 1.54) is 0 Å². The molecule has 0 aromatic carbocycles. The maximum Gasteiger partial charge on any atom is 0.198 e. The summed E-state index contributed by atoms with van der Waals surface area (Å²) in [5.41, 5.74) is 0. The van der Waals surface area contributed by atoms with Crippen molar-refractivity contribution in [2.24, 2.45) is 5.92 Å². The summed E-state index contributed by atoms with van der Waals surface area (Å²) in [4.78, 5) is 0. The first kappa shape index (κ1) is 7.06. The van der Waals surface area contributed by atoms with E-state index in [2.05, 4.69) is 4.52 Å². The van der Waals surface area contributed by atoms with Crippen molar-refractivity contribution in [1.82, 2.24) is 0 Å². The van der Waals surface area contributed by atoms with Crippen molar-refractivity contribution in [2.75, 3.05) is 6.61 Å². The van der Waals surface area contributed by atoms with E-state index in [9.17, 15) is 4.57 Å². The van der Waals surface area contributed by atoms with E-state index in [-0.39, 0.29) is 0 Å². The van der Waals surface area contributed by atoms with E-state index < -0.39 is 8.69 Å². The Morgan fingerprint density at radius 2 is 2.29 bits per heavy atom. The average Bonchev–Trinajstić information content (AvgIpc) is 1.61. The minimum atomic E-state index is -0.599. The maximum absolute atomic E-state index is 9.64. The minimum Gasteiger partial charge on any atom is -0.306 e. The van der Waals surface area contributed by atoms with Gasteiger partial charge in [-0.15, -0.1) is 0 Å². The monoisotopic (exact) mass is 121 g/mol. The van der Waals surface area contributed by atoms with E-state index >= 15 is 0 Å². The zero-order chi connectivity index (χ0) is 5.70.